The predicted molar refractivity (Wildman–Crippen MR) is 76.0 cm³/mol. The molecule has 0 aliphatic carbocycles. The molecule has 3 nitrogen and oxygen atoms in total. The molecule has 0 radical (unpaired) electrons. The van der Waals surface area contributed by atoms with Crippen LogP contribution in [0.1, 0.15) is 12.5 Å². The number of rotatable bonds is 6. The molecule has 1 unspecified atom stereocenters. The fourth-order valence-electron chi connectivity index (χ4n) is 2.31. The second-order valence-electron chi connectivity index (χ2n) is 4.83. The van der Waals surface area contributed by atoms with E-state index in [9.17, 15) is 0 Å². The fraction of sp³-hybridized carbons (Fsp3) is 0.467. The minimum absolute atomic E-state index is 0.401. The van der Waals surface area contributed by atoms with Gasteiger partial charge < -0.3 is 14.6 Å². The van der Waals surface area contributed by atoms with Crippen molar-refractivity contribution in [3.63, 3.8) is 0 Å². The Morgan fingerprint density at radius 2 is 2.17 bits per heavy atom. The lowest BCUT2D eigenvalue weighted by Gasteiger charge is -2.13. The minimum Gasteiger partial charge on any atom is -0.383 e. The van der Waals surface area contributed by atoms with Crippen molar-refractivity contribution in [2.24, 2.45) is 0 Å². The van der Waals surface area contributed by atoms with Gasteiger partial charge in [-0.3, -0.25) is 0 Å². The van der Waals surface area contributed by atoms with Crippen LogP contribution >= 0.6 is 0 Å². The average Bonchev–Trinajstić information content (AvgIpc) is 2.75. The second-order valence-corrected chi connectivity index (χ2v) is 4.83. The van der Waals surface area contributed by atoms with Crippen LogP contribution in [0.25, 0.3) is 10.9 Å². The van der Waals surface area contributed by atoms with Crippen molar-refractivity contribution in [1.29, 1.82) is 0 Å². The third kappa shape index (κ3) is 2.92. The molecule has 0 aliphatic heterocycles. The summed E-state index contributed by atoms with van der Waals surface area (Å²) in [6.07, 6.45) is 2.17. The largest absolute Gasteiger partial charge is 0.383 e. The van der Waals surface area contributed by atoms with Gasteiger partial charge in [-0.1, -0.05) is 12.1 Å². The summed E-state index contributed by atoms with van der Waals surface area (Å²) in [6, 6.07) is 9.06. The van der Waals surface area contributed by atoms with Crippen molar-refractivity contribution in [3.05, 3.63) is 36.0 Å². The van der Waals surface area contributed by atoms with E-state index in [4.69, 9.17) is 4.74 Å². The first-order valence-corrected chi connectivity index (χ1v) is 6.49. The highest BCUT2D eigenvalue weighted by atomic mass is 16.5. The maximum Gasteiger partial charge on any atom is 0.0613 e. The minimum atomic E-state index is 0.401. The molecule has 1 N–H and O–H groups in total. The average molecular weight is 246 g/mol. The third-order valence-electron chi connectivity index (χ3n) is 3.29. The van der Waals surface area contributed by atoms with E-state index >= 15 is 0 Å². The number of hydrogen-bond acceptors (Lipinski definition) is 2. The Labute approximate surface area is 109 Å². The van der Waals surface area contributed by atoms with Crippen molar-refractivity contribution in [3.8, 4) is 0 Å². The molecule has 0 spiro atoms. The van der Waals surface area contributed by atoms with Crippen LogP contribution < -0.4 is 5.32 Å². The van der Waals surface area contributed by atoms with Gasteiger partial charge in [0.25, 0.3) is 0 Å². The number of aromatic nitrogens is 1. The van der Waals surface area contributed by atoms with Crippen LogP contribution in [0.4, 0.5) is 0 Å². The van der Waals surface area contributed by atoms with E-state index in [0.29, 0.717) is 6.04 Å². The van der Waals surface area contributed by atoms with E-state index in [1.807, 2.05) is 0 Å². The SMILES string of the molecule is COCC(C)NCCn1ccc2c(C)cccc21. The molecule has 1 atom stereocenters. The molecule has 1 heterocycles. The number of nitrogens with one attached hydrogen (secondary N) is 1. The van der Waals surface area contributed by atoms with Gasteiger partial charge in [-0.05, 0) is 31.5 Å². The maximum atomic E-state index is 5.11. The van der Waals surface area contributed by atoms with Gasteiger partial charge in [0.15, 0.2) is 0 Å². The quantitative estimate of drug-likeness (QED) is 0.848. The Bertz CT molecular complexity index is 504. The van der Waals surface area contributed by atoms with Crippen molar-refractivity contribution in [1.82, 2.24) is 9.88 Å². The highest BCUT2D eigenvalue weighted by molar-refractivity contribution is 5.83. The molecule has 0 amide bonds. The van der Waals surface area contributed by atoms with Gasteiger partial charge in [0, 0.05) is 43.3 Å². The zero-order valence-electron chi connectivity index (χ0n) is 11.4. The Morgan fingerprint density at radius 3 is 2.94 bits per heavy atom. The Morgan fingerprint density at radius 1 is 1.33 bits per heavy atom. The molecule has 0 fully saturated rings. The van der Waals surface area contributed by atoms with E-state index in [-0.39, 0.29) is 0 Å². The first-order chi connectivity index (χ1) is 8.72. The molecule has 1 aromatic heterocycles. The van der Waals surface area contributed by atoms with E-state index < -0.39 is 0 Å². The van der Waals surface area contributed by atoms with Crippen molar-refractivity contribution >= 4 is 10.9 Å². The van der Waals surface area contributed by atoms with E-state index in [1.165, 1.54) is 16.5 Å². The number of benzene rings is 1. The van der Waals surface area contributed by atoms with Gasteiger partial charge in [0.1, 0.15) is 0 Å². The van der Waals surface area contributed by atoms with E-state index in [2.05, 4.69) is 54.2 Å². The number of methoxy groups -OCH3 is 1. The topological polar surface area (TPSA) is 26.2 Å². The summed E-state index contributed by atoms with van der Waals surface area (Å²) in [5.74, 6) is 0. The molecule has 0 saturated heterocycles. The summed E-state index contributed by atoms with van der Waals surface area (Å²) in [6.45, 7) is 7.00. The highest BCUT2D eigenvalue weighted by Crippen LogP contribution is 2.19. The Hall–Kier alpha value is -1.32. The summed E-state index contributed by atoms with van der Waals surface area (Å²) in [7, 11) is 1.74. The third-order valence-corrected chi connectivity index (χ3v) is 3.29. The van der Waals surface area contributed by atoms with Crippen LogP contribution in [0.2, 0.25) is 0 Å². The van der Waals surface area contributed by atoms with Crippen LogP contribution in [-0.2, 0) is 11.3 Å². The predicted octanol–water partition coefficient (Wildman–Crippen LogP) is 2.57. The van der Waals surface area contributed by atoms with E-state index in [1.54, 1.807) is 7.11 Å². The Kier molecular flexibility index (Phi) is 4.39. The summed E-state index contributed by atoms with van der Waals surface area (Å²) in [5.41, 5.74) is 2.66. The lowest BCUT2D eigenvalue weighted by molar-refractivity contribution is 0.172. The standard InChI is InChI=1S/C15H22N2O/c1-12-5-4-6-15-14(12)7-9-17(15)10-8-16-13(2)11-18-3/h4-7,9,13,16H,8,10-11H2,1-3H3. The second kappa shape index (κ2) is 6.03. The van der Waals surface area contributed by atoms with Gasteiger partial charge in [0.2, 0.25) is 0 Å². The first-order valence-electron chi connectivity index (χ1n) is 6.49. The molecule has 18 heavy (non-hydrogen) atoms. The molecule has 0 bridgehead atoms. The van der Waals surface area contributed by atoms with Gasteiger partial charge in [0.05, 0.1) is 6.61 Å². The zero-order valence-corrected chi connectivity index (χ0v) is 11.4. The van der Waals surface area contributed by atoms with Crippen LogP contribution in [0, 0.1) is 6.92 Å². The van der Waals surface area contributed by atoms with Crippen LogP contribution in [0.5, 0.6) is 0 Å². The molecule has 2 rings (SSSR count). The molecule has 1 aromatic carbocycles. The van der Waals surface area contributed by atoms with Crippen LogP contribution in [0.3, 0.4) is 0 Å². The number of ether oxygens (including phenoxy) is 1. The molecular weight excluding hydrogens is 224 g/mol. The van der Waals surface area contributed by atoms with Gasteiger partial charge >= 0.3 is 0 Å². The van der Waals surface area contributed by atoms with Crippen LogP contribution in [0.15, 0.2) is 30.5 Å². The molecule has 0 saturated carbocycles. The normalized spacial score (nSPS) is 13.1. The molecule has 2 aromatic rings. The number of aryl methyl sites for hydroxylation is 1. The number of hydrogen-bond donors (Lipinski definition) is 1. The molecule has 3 heteroatoms. The molecular formula is C15H22N2O. The summed E-state index contributed by atoms with van der Waals surface area (Å²) in [5, 5.41) is 4.80. The van der Waals surface area contributed by atoms with Gasteiger partial charge in [-0.25, -0.2) is 0 Å². The first kappa shape index (κ1) is 13.1. The smallest absolute Gasteiger partial charge is 0.0613 e. The summed E-state index contributed by atoms with van der Waals surface area (Å²) < 4.78 is 7.41. The lowest BCUT2D eigenvalue weighted by atomic mass is 10.1. The van der Waals surface area contributed by atoms with Gasteiger partial charge in [-0.15, -0.1) is 0 Å². The fourth-order valence-corrected chi connectivity index (χ4v) is 2.31. The van der Waals surface area contributed by atoms with Crippen molar-refractivity contribution in [2.75, 3.05) is 20.3 Å². The highest BCUT2D eigenvalue weighted by Gasteiger charge is 2.03. The van der Waals surface area contributed by atoms with E-state index in [0.717, 1.165) is 19.7 Å². The molecule has 98 valence electrons. The maximum absolute atomic E-state index is 5.11. The van der Waals surface area contributed by atoms with Crippen molar-refractivity contribution in [2.45, 2.75) is 26.4 Å². The number of nitrogens with zero attached hydrogens (tertiary/aromatic N) is 1. The van der Waals surface area contributed by atoms with Gasteiger partial charge in [-0.2, -0.15) is 0 Å². The summed E-state index contributed by atoms with van der Waals surface area (Å²) in [4.78, 5) is 0. The lowest BCUT2D eigenvalue weighted by Crippen LogP contribution is -2.32. The van der Waals surface area contributed by atoms with Crippen molar-refractivity contribution < 1.29 is 4.74 Å². The number of fused-ring (bicyclic) bond motifs is 1. The molecule has 0 aliphatic rings. The Balaban J connectivity index is 1.98. The monoisotopic (exact) mass is 246 g/mol. The zero-order chi connectivity index (χ0) is 13.0. The van der Waals surface area contributed by atoms with Crippen LogP contribution in [-0.4, -0.2) is 30.9 Å². The summed E-state index contributed by atoms with van der Waals surface area (Å²) >= 11 is 0.